The lowest BCUT2D eigenvalue weighted by atomic mass is 9.41. The Hall–Kier alpha value is -0.120. The third-order valence-electron chi connectivity index (χ3n) is 9.69. The molecule has 3 nitrogen and oxygen atoms in total. The van der Waals surface area contributed by atoms with Crippen molar-refractivity contribution in [3.63, 3.8) is 0 Å². The minimum Gasteiger partial charge on any atom is -0.396 e. The van der Waals surface area contributed by atoms with Crippen molar-refractivity contribution in [1.82, 2.24) is 0 Å². The first-order chi connectivity index (χ1) is 15.6. The highest BCUT2D eigenvalue weighted by Gasteiger charge is 2.58. The molecular formula is C29H58O3. The van der Waals surface area contributed by atoms with Gasteiger partial charge in [0.2, 0.25) is 0 Å². The van der Waals surface area contributed by atoms with E-state index >= 15 is 0 Å². The molecule has 0 aromatic heterocycles. The summed E-state index contributed by atoms with van der Waals surface area (Å²) in [6, 6.07) is 0. The van der Waals surface area contributed by atoms with E-state index in [0.717, 1.165) is 38.5 Å². The Morgan fingerprint density at radius 1 is 0.469 bits per heavy atom. The first kappa shape index (κ1) is 29.9. The zero-order chi connectivity index (χ0) is 23.8. The molecule has 192 valence electrons. The van der Waals surface area contributed by atoms with E-state index in [1.54, 1.807) is 0 Å². The van der Waals surface area contributed by atoms with Crippen LogP contribution in [0.15, 0.2) is 0 Å². The van der Waals surface area contributed by atoms with Gasteiger partial charge < -0.3 is 15.3 Å². The van der Waals surface area contributed by atoms with E-state index in [1.807, 2.05) is 0 Å². The Kier molecular flexibility index (Phi) is 15.4. The van der Waals surface area contributed by atoms with Crippen LogP contribution in [0.25, 0.3) is 0 Å². The van der Waals surface area contributed by atoms with Gasteiger partial charge in [-0.3, -0.25) is 0 Å². The Morgan fingerprint density at radius 3 is 1.31 bits per heavy atom. The highest BCUT2D eigenvalue weighted by molar-refractivity contribution is 5.08. The maximum Gasteiger partial charge on any atom is 0.0431 e. The molecule has 0 aromatic rings. The molecule has 1 aliphatic carbocycles. The summed E-state index contributed by atoms with van der Waals surface area (Å²) >= 11 is 0. The predicted octanol–water partition coefficient (Wildman–Crippen LogP) is 7.80. The van der Waals surface area contributed by atoms with Crippen LogP contribution >= 0.6 is 0 Å². The first-order valence-corrected chi connectivity index (χ1v) is 14.4. The number of aliphatic hydroxyl groups excluding tert-OH is 3. The van der Waals surface area contributed by atoms with Gasteiger partial charge in [-0.15, -0.1) is 0 Å². The van der Waals surface area contributed by atoms with E-state index in [1.165, 1.54) is 89.9 Å². The Bertz CT molecular complexity index is 434. The molecule has 3 N–H and O–H groups in total. The van der Waals surface area contributed by atoms with E-state index in [0.29, 0.717) is 36.1 Å². The molecule has 1 saturated carbocycles. The van der Waals surface area contributed by atoms with E-state index in [-0.39, 0.29) is 0 Å². The van der Waals surface area contributed by atoms with Crippen molar-refractivity contribution in [2.75, 3.05) is 19.8 Å². The highest BCUT2D eigenvalue weighted by Crippen LogP contribution is 2.67. The molecule has 1 aliphatic rings. The van der Waals surface area contributed by atoms with Gasteiger partial charge in [0.15, 0.2) is 0 Å². The third kappa shape index (κ3) is 7.44. The second-order valence-electron chi connectivity index (χ2n) is 10.9. The van der Waals surface area contributed by atoms with Gasteiger partial charge in [0.25, 0.3) is 0 Å². The summed E-state index contributed by atoms with van der Waals surface area (Å²) in [7, 11) is 0. The second-order valence-corrected chi connectivity index (χ2v) is 10.9. The molecule has 0 spiro atoms. The third-order valence-corrected chi connectivity index (χ3v) is 9.69. The summed E-state index contributed by atoms with van der Waals surface area (Å²) in [4.78, 5) is 0. The van der Waals surface area contributed by atoms with E-state index in [2.05, 4.69) is 20.8 Å². The molecule has 1 fully saturated rings. The molecule has 0 radical (unpaired) electrons. The normalized spacial score (nSPS) is 23.1. The van der Waals surface area contributed by atoms with Crippen LogP contribution in [-0.4, -0.2) is 35.1 Å². The summed E-state index contributed by atoms with van der Waals surface area (Å²) in [5, 5.41) is 28.2. The summed E-state index contributed by atoms with van der Waals surface area (Å²) in [6.45, 7) is 8.37. The topological polar surface area (TPSA) is 60.7 Å². The number of unbranched alkanes of at least 4 members (excludes halogenated alkanes) is 6. The minimum atomic E-state index is 0.317. The smallest absolute Gasteiger partial charge is 0.0431 e. The van der Waals surface area contributed by atoms with Crippen LogP contribution in [0.5, 0.6) is 0 Å². The zero-order valence-corrected chi connectivity index (χ0v) is 22.1. The van der Waals surface area contributed by atoms with Crippen molar-refractivity contribution in [1.29, 1.82) is 0 Å². The fourth-order valence-electron chi connectivity index (χ4n) is 7.95. The van der Waals surface area contributed by atoms with Crippen LogP contribution in [0.3, 0.4) is 0 Å². The Morgan fingerprint density at radius 2 is 0.906 bits per heavy atom. The average Bonchev–Trinajstić information content (AvgIpc) is 2.81. The molecule has 1 unspecified atom stereocenters. The van der Waals surface area contributed by atoms with Crippen molar-refractivity contribution in [3.8, 4) is 0 Å². The molecule has 0 amide bonds. The van der Waals surface area contributed by atoms with Gasteiger partial charge in [0.1, 0.15) is 0 Å². The van der Waals surface area contributed by atoms with E-state index < -0.39 is 0 Å². The standard InChI is InChI=1S/C29H58O3/c1-4-27(5-2)19-11-7-12-20-28(21-13-8-16-24-30,22-14-9-17-25-31)29(27,6-3)23-15-10-18-26-32/h30-32H,4-26H2,1-3H3. The van der Waals surface area contributed by atoms with Gasteiger partial charge in [-0.1, -0.05) is 78.6 Å². The lowest BCUT2D eigenvalue weighted by Gasteiger charge is -2.63. The summed E-state index contributed by atoms with van der Waals surface area (Å²) in [6.07, 6.45) is 24.6. The lowest BCUT2D eigenvalue weighted by Crippen LogP contribution is -2.54. The number of hydrogen-bond donors (Lipinski definition) is 3. The number of rotatable bonds is 18. The van der Waals surface area contributed by atoms with Crippen molar-refractivity contribution in [2.24, 2.45) is 16.2 Å². The second kappa shape index (κ2) is 16.5. The zero-order valence-electron chi connectivity index (χ0n) is 22.1. The Labute approximate surface area is 200 Å². The van der Waals surface area contributed by atoms with Crippen LogP contribution in [0, 0.1) is 16.2 Å². The van der Waals surface area contributed by atoms with Crippen molar-refractivity contribution in [3.05, 3.63) is 0 Å². The molecule has 3 heteroatoms. The van der Waals surface area contributed by atoms with Gasteiger partial charge in [0.05, 0.1) is 0 Å². The van der Waals surface area contributed by atoms with Crippen LogP contribution in [-0.2, 0) is 0 Å². The molecular weight excluding hydrogens is 396 g/mol. The van der Waals surface area contributed by atoms with Crippen molar-refractivity contribution in [2.45, 2.75) is 149 Å². The number of aliphatic hydroxyl groups is 3. The molecule has 0 saturated heterocycles. The Balaban J connectivity index is 3.43. The van der Waals surface area contributed by atoms with Gasteiger partial charge in [-0.2, -0.15) is 0 Å². The van der Waals surface area contributed by atoms with Gasteiger partial charge in [-0.05, 0) is 86.9 Å². The summed E-state index contributed by atoms with van der Waals surface area (Å²) < 4.78 is 0. The monoisotopic (exact) mass is 454 g/mol. The quantitative estimate of drug-likeness (QED) is 0.185. The fraction of sp³-hybridized carbons (Fsp3) is 1.00. The van der Waals surface area contributed by atoms with Crippen LogP contribution < -0.4 is 0 Å². The molecule has 1 rings (SSSR count). The van der Waals surface area contributed by atoms with Crippen molar-refractivity contribution < 1.29 is 15.3 Å². The molecule has 0 aromatic carbocycles. The summed E-state index contributed by atoms with van der Waals surface area (Å²) in [5.41, 5.74) is 1.14. The SMILES string of the molecule is CCC1(CC)CCCCCC(CCCCCO)(CCCCCO)C1(CC)CCCCCO. The maximum atomic E-state index is 9.40. The van der Waals surface area contributed by atoms with Gasteiger partial charge >= 0.3 is 0 Å². The van der Waals surface area contributed by atoms with Crippen LogP contribution in [0.4, 0.5) is 0 Å². The largest absolute Gasteiger partial charge is 0.396 e. The van der Waals surface area contributed by atoms with E-state index in [9.17, 15) is 15.3 Å². The van der Waals surface area contributed by atoms with Crippen LogP contribution in [0.1, 0.15) is 149 Å². The average molecular weight is 455 g/mol. The highest BCUT2D eigenvalue weighted by atomic mass is 16.3. The van der Waals surface area contributed by atoms with Gasteiger partial charge in [0, 0.05) is 19.8 Å². The first-order valence-electron chi connectivity index (χ1n) is 14.4. The van der Waals surface area contributed by atoms with Gasteiger partial charge in [-0.25, -0.2) is 0 Å². The lowest BCUT2D eigenvalue weighted by molar-refractivity contribution is -0.137. The van der Waals surface area contributed by atoms with Crippen molar-refractivity contribution >= 4 is 0 Å². The molecule has 0 bridgehead atoms. The molecule has 1 atom stereocenters. The minimum absolute atomic E-state index is 0.317. The predicted molar refractivity (Wildman–Crippen MR) is 138 cm³/mol. The molecule has 32 heavy (non-hydrogen) atoms. The maximum absolute atomic E-state index is 9.40. The molecule has 0 aliphatic heterocycles. The fourth-order valence-corrected chi connectivity index (χ4v) is 7.95. The van der Waals surface area contributed by atoms with E-state index in [4.69, 9.17) is 0 Å². The summed E-state index contributed by atoms with van der Waals surface area (Å²) in [5.74, 6) is 0. The number of hydrogen-bond acceptors (Lipinski definition) is 3. The molecule has 0 heterocycles. The van der Waals surface area contributed by atoms with Crippen LogP contribution in [0.2, 0.25) is 0 Å².